The molecule has 0 heterocycles. The predicted molar refractivity (Wildman–Crippen MR) is 89.8 cm³/mol. The smallest absolute Gasteiger partial charge is 0.0380 e. The molecule has 2 saturated carbocycles. The molecule has 0 spiro atoms. The second-order valence-corrected chi connectivity index (χ2v) is 8.66. The minimum atomic E-state index is 0.894. The van der Waals surface area contributed by atoms with Gasteiger partial charge in [0.25, 0.3) is 0 Å². The third-order valence-corrected chi connectivity index (χ3v) is 6.46. The van der Waals surface area contributed by atoms with Crippen LogP contribution in [0.2, 0.25) is 0 Å². The van der Waals surface area contributed by atoms with E-state index in [9.17, 15) is 0 Å². The molecule has 118 valence electrons. The van der Waals surface area contributed by atoms with Gasteiger partial charge in [0.2, 0.25) is 0 Å². The van der Waals surface area contributed by atoms with Gasteiger partial charge < -0.3 is 0 Å². The molecule has 2 fully saturated rings. The van der Waals surface area contributed by atoms with Crippen LogP contribution in [-0.4, -0.2) is 0 Å². The van der Waals surface area contributed by atoms with Gasteiger partial charge in [-0.1, -0.05) is 72.6 Å². The van der Waals surface area contributed by atoms with E-state index in [0.29, 0.717) is 0 Å². The van der Waals surface area contributed by atoms with Crippen molar-refractivity contribution in [3.8, 4) is 0 Å². The molecular weight excluding hydrogens is 240 g/mol. The average molecular weight is 279 g/mol. The summed E-state index contributed by atoms with van der Waals surface area (Å²) in [6.45, 7) is 9.76. The lowest BCUT2D eigenvalue weighted by atomic mass is 9.75. The van der Waals surface area contributed by atoms with E-state index in [2.05, 4.69) is 27.7 Å². The van der Waals surface area contributed by atoms with Crippen molar-refractivity contribution in [1.29, 1.82) is 0 Å². The van der Waals surface area contributed by atoms with E-state index in [4.69, 9.17) is 0 Å². The van der Waals surface area contributed by atoms with Crippen LogP contribution in [0.5, 0.6) is 0 Å². The molecular formula is C20H38. The van der Waals surface area contributed by atoms with Crippen molar-refractivity contribution >= 4 is 0 Å². The maximum absolute atomic E-state index is 2.49. The predicted octanol–water partition coefficient (Wildman–Crippen LogP) is 6.69. The topological polar surface area (TPSA) is 0 Å². The lowest BCUT2D eigenvalue weighted by molar-refractivity contribution is 0.206. The minimum absolute atomic E-state index is 0.894. The zero-order valence-corrected chi connectivity index (χ0v) is 14.5. The van der Waals surface area contributed by atoms with E-state index in [1.807, 2.05) is 0 Å². The Labute approximate surface area is 128 Å². The van der Waals surface area contributed by atoms with Gasteiger partial charge in [-0.15, -0.1) is 0 Å². The Morgan fingerprint density at radius 2 is 1.45 bits per heavy atom. The molecule has 4 atom stereocenters. The Balaban J connectivity index is 1.89. The fourth-order valence-electron chi connectivity index (χ4n) is 4.84. The molecule has 0 aromatic carbocycles. The average Bonchev–Trinajstić information content (AvgIpc) is 2.68. The third kappa shape index (κ3) is 4.78. The Morgan fingerprint density at radius 3 is 2.10 bits per heavy atom. The molecule has 4 unspecified atom stereocenters. The Hall–Kier alpha value is 0. The lowest BCUT2D eigenvalue weighted by Gasteiger charge is -2.31. The molecule has 0 N–H and O–H groups in total. The van der Waals surface area contributed by atoms with Gasteiger partial charge in [0, 0.05) is 0 Å². The number of hydrogen-bond donors (Lipinski definition) is 0. The Kier molecular flexibility index (Phi) is 6.43. The summed E-state index contributed by atoms with van der Waals surface area (Å²) in [4.78, 5) is 0. The second-order valence-electron chi connectivity index (χ2n) is 8.66. The van der Waals surface area contributed by atoms with Gasteiger partial charge >= 0.3 is 0 Å². The highest BCUT2D eigenvalue weighted by molar-refractivity contribution is 4.85. The zero-order chi connectivity index (χ0) is 14.5. The second kappa shape index (κ2) is 7.85. The normalized spacial score (nSPS) is 39.8. The Bertz CT molecular complexity index is 257. The van der Waals surface area contributed by atoms with Crippen molar-refractivity contribution < 1.29 is 0 Å². The molecule has 0 radical (unpaired) electrons. The van der Waals surface area contributed by atoms with Gasteiger partial charge in [-0.05, 0) is 54.8 Å². The first-order valence-electron chi connectivity index (χ1n) is 9.56. The quantitative estimate of drug-likeness (QED) is 0.537. The molecule has 0 saturated heterocycles. The van der Waals surface area contributed by atoms with E-state index in [1.54, 1.807) is 12.8 Å². The first-order valence-corrected chi connectivity index (χ1v) is 9.56. The van der Waals surface area contributed by atoms with Crippen LogP contribution in [0, 0.1) is 35.5 Å². The van der Waals surface area contributed by atoms with Crippen molar-refractivity contribution in [2.24, 2.45) is 35.5 Å². The van der Waals surface area contributed by atoms with Crippen LogP contribution in [0.3, 0.4) is 0 Å². The van der Waals surface area contributed by atoms with E-state index in [-0.39, 0.29) is 0 Å². The standard InChI is InChI=1S/C20H38/c1-15(2)10-11-18-8-6-5-7-9-19(14-18)20-12-16(3)17(4)13-20/h15-20H,5-14H2,1-4H3. The first-order chi connectivity index (χ1) is 9.56. The molecule has 0 nitrogen and oxygen atoms in total. The molecule has 0 heteroatoms. The fraction of sp³-hybridized carbons (Fsp3) is 1.00. The van der Waals surface area contributed by atoms with Crippen molar-refractivity contribution in [2.75, 3.05) is 0 Å². The van der Waals surface area contributed by atoms with Gasteiger partial charge in [0.05, 0.1) is 0 Å². The van der Waals surface area contributed by atoms with Crippen molar-refractivity contribution in [2.45, 2.75) is 91.9 Å². The summed E-state index contributed by atoms with van der Waals surface area (Å²) in [5, 5.41) is 0. The zero-order valence-electron chi connectivity index (χ0n) is 14.5. The number of rotatable bonds is 4. The van der Waals surface area contributed by atoms with Gasteiger partial charge in [0.15, 0.2) is 0 Å². The molecule has 2 aliphatic rings. The summed E-state index contributed by atoms with van der Waals surface area (Å²) in [5.74, 6) is 6.05. The van der Waals surface area contributed by atoms with E-state index in [0.717, 1.165) is 35.5 Å². The summed E-state index contributed by atoms with van der Waals surface area (Å²) >= 11 is 0. The van der Waals surface area contributed by atoms with Gasteiger partial charge in [0.1, 0.15) is 0 Å². The highest BCUT2D eigenvalue weighted by Gasteiger charge is 2.34. The molecule has 0 aliphatic heterocycles. The highest BCUT2D eigenvalue weighted by Crippen LogP contribution is 2.45. The Morgan fingerprint density at radius 1 is 0.800 bits per heavy atom. The fourth-order valence-corrected chi connectivity index (χ4v) is 4.84. The van der Waals surface area contributed by atoms with Crippen LogP contribution in [0.25, 0.3) is 0 Å². The van der Waals surface area contributed by atoms with Crippen molar-refractivity contribution in [1.82, 2.24) is 0 Å². The first kappa shape index (κ1) is 16.4. The summed E-state index contributed by atoms with van der Waals surface area (Å²) in [6, 6.07) is 0. The van der Waals surface area contributed by atoms with E-state index < -0.39 is 0 Å². The molecule has 0 bridgehead atoms. The molecule has 2 aliphatic carbocycles. The van der Waals surface area contributed by atoms with Crippen molar-refractivity contribution in [3.05, 3.63) is 0 Å². The van der Waals surface area contributed by atoms with E-state index in [1.165, 1.54) is 51.4 Å². The summed E-state index contributed by atoms with van der Waals surface area (Å²) in [5.41, 5.74) is 0. The highest BCUT2D eigenvalue weighted by atomic mass is 14.4. The SMILES string of the molecule is CC(C)CCC1CCCCCC(C2CC(C)C(C)C2)C1. The van der Waals surface area contributed by atoms with E-state index >= 15 is 0 Å². The monoisotopic (exact) mass is 278 g/mol. The van der Waals surface area contributed by atoms with Crippen molar-refractivity contribution in [3.63, 3.8) is 0 Å². The van der Waals surface area contributed by atoms with Crippen LogP contribution in [-0.2, 0) is 0 Å². The van der Waals surface area contributed by atoms with Gasteiger partial charge in [-0.3, -0.25) is 0 Å². The maximum Gasteiger partial charge on any atom is -0.0380 e. The van der Waals surface area contributed by atoms with Crippen LogP contribution in [0.4, 0.5) is 0 Å². The largest absolute Gasteiger partial charge is 0.0628 e. The van der Waals surface area contributed by atoms with Crippen LogP contribution in [0.1, 0.15) is 91.9 Å². The van der Waals surface area contributed by atoms with Gasteiger partial charge in [-0.25, -0.2) is 0 Å². The van der Waals surface area contributed by atoms with Crippen LogP contribution < -0.4 is 0 Å². The summed E-state index contributed by atoms with van der Waals surface area (Å²) in [7, 11) is 0. The number of hydrogen-bond acceptors (Lipinski definition) is 0. The molecule has 0 aromatic heterocycles. The lowest BCUT2D eigenvalue weighted by Crippen LogP contribution is -2.19. The molecule has 0 aromatic rings. The molecule has 2 rings (SSSR count). The molecule has 0 amide bonds. The van der Waals surface area contributed by atoms with Crippen LogP contribution in [0.15, 0.2) is 0 Å². The summed E-state index contributed by atoms with van der Waals surface area (Å²) < 4.78 is 0. The van der Waals surface area contributed by atoms with Crippen LogP contribution >= 0.6 is 0 Å². The van der Waals surface area contributed by atoms with Gasteiger partial charge in [-0.2, -0.15) is 0 Å². The summed E-state index contributed by atoms with van der Waals surface area (Å²) in [6.07, 6.45) is 15.2. The molecule has 20 heavy (non-hydrogen) atoms. The maximum atomic E-state index is 2.49. The third-order valence-electron chi connectivity index (χ3n) is 6.46. The minimum Gasteiger partial charge on any atom is -0.0628 e.